The molecular formula is C22H26N2O5. The molecule has 1 fully saturated rings. The summed E-state index contributed by atoms with van der Waals surface area (Å²) in [4.78, 5) is 17.6. The van der Waals surface area contributed by atoms with Crippen LogP contribution >= 0.6 is 0 Å². The van der Waals surface area contributed by atoms with Crippen molar-refractivity contribution in [1.82, 2.24) is 4.98 Å². The van der Waals surface area contributed by atoms with E-state index in [1.54, 1.807) is 6.20 Å². The Hall–Kier alpha value is -2.64. The van der Waals surface area contributed by atoms with Crippen LogP contribution in [-0.4, -0.2) is 42.0 Å². The zero-order valence-corrected chi connectivity index (χ0v) is 16.8. The molecule has 29 heavy (non-hydrogen) atoms. The van der Waals surface area contributed by atoms with E-state index in [0.29, 0.717) is 24.7 Å². The highest BCUT2D eigenvalue weighted by molar-refractivity contribution is 5.68. The summed E-state index contributed by atoms with van der Waals surface area (Å²) in [6, 6.07) is 8.37. The summed E-state index contributed by atoms with van der Waals surface area (Å²) in [5.41, 5.74) is 4.66. The molecule has 0 radical (unpaired) electrons. The second-order valence-corrected chi connectivity index (χ2v) is 7.32. The van der Waals surface area contributed by atoms with Crippen molar-refractivity contribution in [3.8, 4) is 5.75 Å². The van der Waals surface area contributed by atoms with Gasteiger partial charge in [-0.3, -0.25) is 4.98 Å². The fraction of sp³-hybridized carbons (Fsp3) is 0.455. The first-order valence-electron chi connectivity index (χ1n) is 10.0. The van der Waals surface area contributed by atoms with Gasteiger partial charge in [-0.25, -0.2) is 4.79 Å². The number of aromatic nitrogens is 1. The lowest BCUT2D eigenvalue weighted by Gasteiger charge is -2.26. The molecule has 154 valence electrons. The molecule has 0 amide bonds. The smallest absolute Gasteiger partial charge is 0.341 e. The Morgan fingerprint density at radius 3 is 2.86 bits per heavy atom. The van der Waals surface area contributed by atoms with Crippen molar-refractivity contribution in [1.29, 1.82) is 0 Å². The second kappa shape index (κ2) is 8.39. The van der Waals surface area contributed by atoms with Crippen LogP contribution in [0.2, 0.25) is 0 Å². The number of hydrogen-bond acceptors (Lipinski definition) is 6. The fourth-order valence-electron chi connectivity index (χ4n) is 4.12. The quantitative estimate of drug-likeness (QED) is 0.765. The van der Waals surface area contributed by atoms with Gasteiger partial charge in [0.05, 0.1) is 12.3 Å². The van der Waals surface area contributed by atoms with Crippen LogP contribution in [0.1, 0.15) is 48.3 Å². The van der Waals surface area contributed by atoms with E-state index >= 15 is 0 Å². The molecular weight excluding hydrogens is 372 g/mol. The van der Waals surface area contributed by atoms with E-state index in [1.165, 1.54) is 0 Å². The summed E-state index contributed by atoms with van der Waals surface area (Å²) < 4.78 is 17.4. The first kappa shape index (κ1) is 19.7. The van der Waals surface area contributed by atoms with Crippen molar-refractivity contribution in [2.24, 2.45) is 0 Å². The fourth-order valence-corrected chi connectivity index (χ4v) is 4.12. The number of benzene rings is 1. The van der Waals surface area contributed by atoms with Gasteiger partial charge in [0.25, 0.3) is 0 Å². The monoisotopic (exact) mass is 398 g/mol. The predicted molar refractivity (Wildman–Crippen MR) is 107 cm³/mol. The molecule has 0 bridgehead atoms. The van der Waals surface area contributed by atoms with Crippen LogP contribution in [0, 0.1) is 6.92 Å². The van der Waals surface area contributed by atoms with Crippen molar-refractivity contribution in [3.63, 3.8) is 0 Å². The van der Waals surface area contributed by atoms with Crippen molar-refractivity contribution >= 4 is 11.7 Å². The highest BCUT2D eigenvalue weighted by Gasteiger charge is 2.30. The molecule has 2 aliphatic rings. The second-order valence-electron chi connectivity index (χ2n) is 7.32. The highest BCUT2D eigenvalue weighted by atomic mass is 16.5. The van der Waals surface area contributed by atoms with Crippen LogP contribution < -0.4 is 9.64 Å². The summed E-state index contributed by atoms with van der Waals surface area (Å²) in [7, 11) is 0. The van der Waals surface area contributed by atoms with E-state index in [1.807, 2.05) is 13.8 Å². The van der Waals surface area contributed by atoms with Gasteiger partial charge in [-0.15, -0.1) is 0 Å². The van der Waals surface area contributed by atoms with E-state index in [9.17, 15) is 4.79 Å². The molecule has 2 aromatic rings. The van der Waals surface area contributed by atoms with Gasteiger partial charge in [-0.1, -0.05) is 12.1 Å². The molecule has 7 nitrogen and oxygen atoms in total. The molecule has 0 aliphatic carbocycles. The average Bonchev–Trinajstić information content (AvgIpc) is 3.34. The van der Waals surface area contributed by atoms with E-state index in [0.717, 1.165) is 41.8 Å². The maximum atomic E-state index is 10.9. The summed E-state index contributed by atoms with van der Waals surface area (Å²) in [5.74, 6) is -0.499. The van der Waals surface area contributed by atoms with E-state index in [-0.39, 0.29) is 12.3 Å². The van der Waals surface area contributed by atoms with Gasteiger partial charge >= 0.3 is 5.97 Å². The number of carbonyl (C=O) groups is 1. The lowest BCUT2D eigenvalue weighted by atomic mass is 10.00. The summed E-state index contributed by atoms with van der Waals surface area (Å²) in [6.45, 7) is 5.53. The molecule has 1 N–H and O–H groups in total. The largest absolute Gasteiger partial charge is 0.480 e. The third-order valence-corrected chi connectivity index (χ3v) is 5.45. The summed E-state index contributed by atoms with van der Waals surface area (Å²) >= 11 is 0. The highest BCUT2D eigenvalue weighted by Crippen LogP contribution is 2.41. The van der Waals surface area contributed by atoms with Gasteiger partial charge in [0, 0.05) is 36.2 Å². The van der Waals surface area contributed by atoms with Crippen LogP contribution in [0.5, 0.6) is 5.75 Å². The number of ether oxygens (including phenoxy) is 3. The molecule has 2 aliphatic heterocycles. The molecule has 2 atom stereocenters. The van der Waals surface area contributed by atoms with Crippen molar-refractivity contribution in [2.45, 2.75) is 45.6 Å². The number of fused-ring (bicyclic) bond motifs is 1. The topological polar surface area (TPSA) is 81.1 Å². The minimum Gasteiger partial charge on any atom is -0.480 e. The van der Waals surface area contributed by atoms with Gasteiger partial charge in [0.15, 0.2) is 6.61 Å². The molecule has 3 heterocycles. The number of carboxylic acids is 1. The lowest BCUT2D eigenvalue weighted by Crippen LogP contribution is -2.31. The van der Waals surface area contributed by atoms with Crippen molar-refractivity contribution in [3.05, 3.63) is 52.8 Å². The minimum atomic E-state index is -1.01. The number of hydrogen-bond donors (Lipinski definition) is 1. The number of carboxylic acid groups (broad SMARTS) is 1. The average molecular weight is 398 g/mol. The number of aliphatic carboxylic acids is 1. The zero-order chi connectivity index (χ0) is 20.4. The van der Waals surface area contributed by atoms with Crippen LogP contribution in [0.25, 0.3) is 0 Å². The van der Waals surface area contributed by atoms with E-state index < -0.39 is 12.6 Å². The maximum absolute atomic E-state index is 10.9. The zero-order valence-electron chi connectivity index (χ0n) is 16.8. The Morgan fingerprint density at radius 2 is 2.14 bits per heavy atom. The Morgan fingerprint density at radius 1 is 1.34 bits per heavy atom. The third kappa shape index (κ3) is 3.93. The maximum Gasteiger partial charge on any atom is 0.341 e. The standard InChI is InChI=1S/C22H26N2O5/c1-3-27-19-5-4-10-24(19)16-8-6-15(7-9-16)22-17-11-23-14(2)21(18(17)12-28-22)29-13-20(25)26/h6-9,11,19,22H,3-5,10,12-13H2,1-2H3,(H,25,26). The molecule has 0 saturated carbocycles. The van der Waals surface area contributed by atoms with Crippen LogP contribution in [0.15, 0.2) is 30.5 Å². The third-order valence-electron chi connectivity index (χ3n) is 5.45. The number of aryl methyl sites for hydroxylation is 1. The Kier molecular flexibility index (Phi) is 5.69. The van der Waals surface area contributed by atoms with Crippen molar-refractivity contribution in [2.75, 3.05) is 24.7 Å². The Labute approximate surface area is 170 Å². The number of nitrogens with zero attached hydrogens (tertiary/aromatic N) is 2. The summed E-state index contributed by atoms with van der Waals surface area (Å²) in [5, 5.41) is 8.92. The predicted octanol–water partition coefficient (Wildman–Crippen LogP) is 3.44. The SMILES string of the molecule is CCOC1CCCN1c1ccc(C2OCc3c2cnc(C)c3OCC(=O)O)cc1. The molecule has 1 aromatic carbocycles. The van der Waals surface area contributed by atoms with E-state index in [2.05, 4.69) is 34.1 Å². The molecule has 4 rings (SSSR count). The lowest BCUT2D eigenvalue weighted by molar-refractivity contribution is -0.139. The van der Waals surface area contributed by atoms with E-state index in [4.69, 9.17) is 19.3 Å². The van der Waals surface area contributed by atoms with Gasteiger partial charge in [-0.05, 0) is 44.4 Å². The Balaban J connectivity index is 1.55. The van der Waals surface area contributed by atoms with Crippen LogP contribution in [0.3, 0.4) is 0 Å². The van der Waals surface area contributed by atoms with Crippen molar-refractivity contribution < 1.29 is 24.1 Å². The number of pyridine rings is 1. The first-order chi connectivity index (χ1) is 14.1. The van der Waals surface area contributed by atoms with Crippen LogP contribution in [-0.2, 0) is 20.9 Å². The van der Waals surface area contributed by atoms with Crippen LogP contribution in [0.4, 0.5) is 5.69 Å². The Bertz CT molecular complexity index is 884. The molecule has 7 heteroatoms. The summed E-state index contributed by atoms with van der Waals surface area (Å²) in [6.07, 6.45) is 3.90. The molecule has 0 spiro atoms. The number of anilines is 1. The molecule has 2 unspecified atom stereocenters. The van der Waals surface area contributed by atoms with Gasteiger partial charge in [0.2, 0.25) is 0 Å². The van der Waals surface area contributed by atoms with Gasteiger partial charge in [0.1, 0.15) is 18.1 Å². The van der Waals surface area contributed by atoms with Gasteiger partial charge < -0.3 is 24.2 Å². The number of rotatable bonds is 7. The minimum absolute atomic E-state index is 0.149. The van der Waals surface area contributed by atoms with Gasteiger partial charge in [-0.2, -0.15) is 0 Å². The first-order valence-corrected chi connectivity index (χ1v) is 10.0. The molecule has 1 aromatic heterocycles. The normalized spacial score (nSPS) is 20.7. The molecule has 1 saturated heterocycles.